The molecular formula is C8H16O4. The third-order valence-electron chi connectivity index (χ3n) is 2.18. The topological polar surface area (TPSA) is 80.9 Å². The van der Waals surface area contributed by atoms with Crippen LogP contribution >= 0.6 is 0 Å². The van der Waals surface area contributed by atoms with Crippen LogP contribution in [0.4, 0.5) is 0 Å². The molecule has 1 aliphatic carbocycles. The van der Waals surface area contributed by atoms with Gasteiger partial charge in [-0.2, -0.15) is 0 Å². The molecule has 0 aromatic heterocycles. The van der Waals surface area contributed by atoms with Gasteiger partial charge < -0.3 is 20.4 Å². The summed E-state index contributed by atoms with van der Waals surface area (Å²) < 4.78 is 0. The lowest BCUT2D eigenvalue weighted by Crippen LogP contribution is -2.32. The molecule has 0 heterocycles. The fourth-order valence-corrected chi connectivity index (χ4v) is 1.64. The van der Waals surface area contributed by atoms with E-state index in [4.69, 9.17) is 0 Å². The van der Waals surface area contributed by atoms with Gasteiger partial charge in [0.2, 0.25) is 0 Å². The molecule has 1 saturated carbocycles. The second-order valence-electron chi connectivity index (χ2n) is 3.56. The molecular weight excluding hydrogens is 160 g/mol. The first-order valence-electron chi connectivity index (χ1n) is 4.30. The first-order valence-corrected chi connectivity index (χ1v) is 4.30. The molecule has 0 aliphatic heterocycles. The molecule has 0 saturated heterocycles. The van der Waals surface area contributed by atoms with Gasteiger partial charge in [-0.1, -0.05) is 0 Å². The summed E-state index contributed by atoms with van der Waals surface area (Å²) in [6, 6.07) is 0. The molecule has 0 aromatic carbocycles. The first-order chi connectivity index (χ1) is 5.58. The van der Waals surface area contributed by atoms with Crippen molar-refractivity contribution in [1.82, 2.24) is 0 Å². The average molecular weight is 176 g/mol. The van der Waals surface area contributed by atoms with E-state index in [-0.39, 0.29) is 25.7 Å². The minimum atomic E-state index is -0.650. The molecule has 4 heteroatoms. The van der Waals surface area contributed by atoms with Crippen molar-refractivity contribution >= 4 is 0 Å². The molecule has 0 bridgehead atoms. The normalized spacial score (nSPS) is 45.0. The third kappa shape index (κ3) is 3.06. The lowest BCUT2D eigenvalue weighted by atomic mass is 9.93. The number of rotatable bonds is 0. The lowest BCUT2D eigenvalue weighted by Gasteiger charge is -2.25. The summed E-state index contributed by atoms with van der Waals surface area (Å²) in [5, 5.41) is 37.0. The molecule has 0 atom stereocenters. The Labute approximate surface area is 71.5 Å². The van der Waals surface area contributed by atoms with Crippen LogP contribution in [0.25, 0.3) is 0 Å². The zero-order valence-corrected chi connectivity index (χ0v) is 6.93. The highest BCUT2D eigenvalue weighted by molar-refractivity contribution is 4.77. The van der Waals surface area contributed by atoms with Crippen LogP contribution in [0.2, 0.25) is 0 Å². The Bertz CT molecular complexity index is 99.0. The van der Waals surface area contributed by atoms with E-state index in [0.717, 1.165) is 0 Å². The highest BCUT2D eigenvalue weighted by Gasteiger charge is 2.24. The van der Waals surface area contributed by atoms with Gasteiger partial charge in [0.15, 0.2) is 0 Å². The summed E-state index contributed by atoms with van der Waals surface area (Å²) in [7, 11) is 0. The minimum absolute atomic E-state index is 0.244. The molecule has 0 unspecified atom stereocenters. The van der Waals surface area contributed by atoms with E-state index in [1.165, 1.54) is 0 Å². The van der Waals surface area contributed by atoms with Crippen molar-refractivity contribution < 1.29 is 20.4 Å². The summed E-state index contributed by atoms with van der Waals surface area (Å²) >= 11 is 0. The van der Waals surface area contributed by atoms with E-state index >= 15 is 0 Å². The smallest absolute Gasteiger partial charge is 0.0589 e. The van der Waals surface area contributed by atoms with E-state index in [1.807, 2.05) is 0 Å². The van der Waals surface area contributed by atoms with Gasteiger partial charge in [0, 0.05) is 0 Å². The summed E-state index contributed by atoms with van der Waals surface area (Å²) in [4.78, 5) is 0. The lowest BCUT2D eigenvalue weighted by molar-refractivity contribution is -0.0244. The fraction of sp³-hybridized carbons (Fsp3) is 1.00. The fourth-order valence-electron chi connectivity index (χ4n) is 1.64. The molecule has 0 amide bonds. The van der Waals surface area contributed by atoms with E-state index < -0.39 is 24.4 Å². The number of hydrogen-bond acceptors (Lipinski definition) is 4. The number of aliphatic hydroxyl groups is 4. The molecule has 72 valence electrons. The van der Waals surface area contributed by atoms with Gasteiger partial charge in [0.1, 0.15) is 0 Å². The Morgan fingerprint density at radius 2 is 0.667 bits per heavy atom. The predicted molar refractivity (Wildman–Crippen MR) is 42.5 cm³/mol. The quantitative estimate of drug-likeness (QED) is 0.382. The van der Waals surface area contributed by atoms with Crippen LogP contribution in [-0.2, 0) is 0 Å². The standard InChI is InChI=1S/C8H16O4/c9-5-1-6(10)3-8(12)4-7(11)2-5/h5-12H,1-4H2. The van der Waals surface area contributed by atoms with E-state index in [9.17, 15) is 20.4 Å². The maximum absolute atomic E-state index is 9.24. The van der Waals surface area contributed by atoms with Crippen LogP contribution in [-0.4, -0.2) is 44.8 Å². The maximum atomic E-state index is 9.24. The van der Waals surface area contributed by atoms with Crippen molar-refractivity contribution in [2.75, 3.05) is 0 Å². The zero-order valence-electron chi connectivity index (χ0n) is 6.93. The van der Waals surface area contributed by atoms with Crippen molar-refractivity contribution in [2.24, 2.45) is 0 Å². The van der Waals surface area contributed by atoms with Gasteiger partial charge >= 0.3 is 0 Å². The minimum Gasteiger partial charge on any atom is -0.393 e. The van der Waals surface area contributed by atoms with Crippen molar-refractivity contribution in [2.45, 2.75) is 50.1 Å². The molecule has 0 spiro atoms. The van der Waals surface area contributed by atoms with Crippen molar-refractivity contribution in [3.05, 3.63) is 0 Å². The van der Waals surface area contributed by atoms with Crippen LogP contribution in [0.1, 0.15) is 25.7 Å². The third-order valence-corrected chi connectivity index (χ3v) is 2.18. The summed E-state index contributed by atoms with van der Waals surface area (Å²) in [6.45, 7) is 0. The maximum Gasteiger partial charge on any atom is 0.0589 e. The Kier molecular flexibility index (Phi) is 3.46. The number of hydrogen-bond donors (Lipinski definition) is 4. The van der Waals surface area contributed by atoms with Crippen LogP contribution < -0.4 is 0 Å². The van der Waals surface area contributed by atoms with E-state index in [2.05, 4.69) is 0 Å². The molecule has 1 aliphatic rings. The summed E-state index contributed by atoms with van der Waals surface area (Å²) in [5.41, 5.74) is 0. The molecule has 12 heavy (non-hydrogen) atoms. The molecule has 1 rings (SSSR count). The van der Waals surface area contributed by atoms with Gasteiger partial charge in [-0.15, -0.1) is 0 Å². The van der Waals surface area contributed by atoms with Gasteiger partial charge in [0.05, 0.1) is 24.4 Å². The summed E-state index contributed by atoms with van der Waals surface area (Å²) in [6.07, 6.45) is -1.63. The van der Waals surface area contributed by atoms with Crippen LogP contribution in [0.15, 0.2) is 0 Å². The monoisotopic (exact) mass is 176 g/mol. The van der Waals surface area contributed by atoms with Crippen LogP contribution in [0, 0.1) is 0 Å². The predicted octanol–water partition coefficient (Wildman–Crippen LogP) is -0.996. The largest absolute Gasteiger partial charge is 0.393 e. The van der Waals surface area contributed by atoms with Crippen molar-refractivity contribution in [1.29, 1.82) is 0 Å². The average Bonchev–Trinajstić information content (AvgIpc) is 1.81. The van der Waals surface area contributed by atoms with Crippen LogP contribution in [0.5, 0.6) is 0 Å². The van der Waals surface area contributed by atoms with Gasteiger partial charge in [-0.3, -0.25) is 0 Å². The Morgan fingerprint density at radius 3 is 0.833 bits per heavy atom. The van der Waals surface area contributed by atoms with Gasteiger partial charge in [-0.05, 0) is 25.7 Å². The van der Waals surface area contributed by atoms with Crippen molar-refractivity contribution in [3.63, 3.8) is 0 Å². The Hall–Kier alpha value is -0.160. The highest BCUT2D eigenvalue weighted by Crippen LogP contribution is 2.18. The van der Waals surface area contributed by atoms with Gasteiger partial charge in [-0.25, -0.2) is 0 Å². The Balaban J connectivity index is 2.45. The molecule has 4 N–H and O–H groups in total. The second kappa shape index (κ2) is 4.18. The van der Waals surface area contributed by atoms with Gasteiger partial charge in [0.25, 0.3) is 0 Å². The molecule has 0 aromatic rings. The molecule has 1 fully saturated rings. The number of aliphatic hydroxyl groups excluding tert-OH is 4. The molecule has 4 nitrogen and oxygen atoms in total. The highest BCUT2D eigenvalue weighted by atomic mass is 16.3. The zero-order chi connectivity index (χ0) is 9.14. The van der Waals surface area contributed by atoms with Crippen molar-refractivity contribution in [3.8, 4) is 0 Å². The van der Waals surface area contributed by atoms with Crippen LogP contribution in [0.3, 0.4) is 0 Å². The van der Waals surface area contributed by atoms with E-state index in [1.54, 1.807) is 0 Å². The molecule has 0 radical (unpaired) electrons. The first kappa shape index (κ1) is 9.92. The SMILES string of the molecule is OC1CC(O)CC(O)CC(O)C1. The van der Waals surface area contributed by atoms with E-state index in [0.29, 0.717) is 0 Å². The Morgan fingerprint density at radius 1 is 0.500 bits per heavy atom. The second-order valence-corrected chi connectivity index (χ2v) is 3.56. The summed E-state index contributed by atoms with van der Waals surface area (Å²) in [5.74, 6) is 0.